The Kier molecular flexibility index (Phi) is 4.50. The number of hydrogen-bond acceptors (Lipinski definition) is 2. The molecule has 0 saturated carbocycles. The number of halogens is 1. The molecule has 0 radical (unpaired) electrons. The zero-order valence-corrected chi connectivity index (χ0v) is 10.0. The number of fused-ring (bicyclic) bond motifs is 1. The molecule has 2 rings (SSSR count). The van der Waals surface area contributed by atoms with Crippen LogP contribution < -0.4 is 0 Å². The summed E-state index contributed by atoms with van der Waals surface area (Å²) in [5, 5.41) is 1.09. The minimum Gasteiger partial charge on any atom is -0.236 e. The van der Waals surface area contributed by atoms with Gasteiger partial charge in [0.25, 0.3) is 0 Å². The van der Waals surface area contributed by atoms with Crippen LogP contribution in [0.3, 0.4) is 0 Å². The Morgan fingerprint density at radius 1 is 1.13 bits per heavy atom. The number of aromatic nitrogens is 2. The van der Waals surface area contributed by atoms with Crippen LogP contribution in [0.25, 0.3) is 10.9 Å². The highest BCUT2D eigenvalue weighted by molar-refractivity contribution is 6.16. The van der Waals surface area contributed by atoms with Crippen molar-refractivity contribution in [3.63, 3.8) is 0 Å². The van der Waals surface area contributed by atoms with Gasteiger partial charge in [-0.2, -0.15) is 0 Å². The predicted octanol–water partition coefficient (Wildman–Crippen LogP) is 3.70. The van der Waals surface area contributed by atoms with E-state index in [1.807, 2.05) is 45.0 Å². The van der Waals surface area contributed by atoms with Crippen molar-refractivity contribution in [1.29, 1.82) is 0 Å². The molecule has 0 spiro atoms. The Balaban J connectivity index is 0.000000531. The van der Waals surface area contributed by atoms with Crippen molar-refractivity contribution in [3.8, 4) is 0 Å². The summed E-state index contributed by atoms with van der Waals surface area (Å²) < 4.78 is 0. The Morgan fingerprint density at radius 3 is 2.47 bits per heavy atom. The average molecular weight is 223 g/mol. The maximum absolute atomic E-state index is 5.67. The molecule has 2 aromatic rings. The normalized spacial score (nSPS) is 9.60. The SMILES string of the molecule is CC.Cc1nc(CCl)nc2ccccc12. The molecule has 0 N–H and O–H groups in total. The first-order valence-electron chi connectivity index (χ1n) is 5.09. The van der Waals surface area contributed by atoms with Gasteiger partial charge >= 0.3 is 0 Å². The summed E-state index contributed by atoms with van der Waals surface area (Å²) in [6.07, 6.45) is 0. The topological polar surface area (TPSA) is 25.8 Å². The molecule has 0 amide bonds. The molecule has 0 aliphatic carbocycles. The number of benzene rings is 1. The van der Waals surface area contributed by atoms with Gasteiger partial charge in [-0.05, 0) is 13.0 Å². The zero-order chi connectivity index (χ0) is 11.3. The molecule has 1 heterocycles. The van der Waals surface area contributed by atoms with Crippen LogP contribution in [-0.2, 0) is 5.88 Å². The number of para-hydroxylation sites is 1. The standard InChI is InChI=1S/C10H9ClN2.C2H6/c1-7-8-4-2-3-5-9(8)13-10(6-11)12-7;1-2/h2-5H,6H2,1H3;1-2H3. The Morgan fingerprint density at radius 2 is 1.80 bits per heavy atom. The number of hydrogen-bond donors (Lipinski definition) is 0. The molecule has 1 aromatic carbocycles. The highest BCUT2D eigenvalue weighted by Gasteiger charge is 2.01. The van der Waals surface area contributed by atoms with E-state index >= 15 is 0 Å². The fourth-order valence-corrected chi connectivity index (χ4v) is 1.47. The van der Waals surface area contributed by atoms with Crippen molar-refractivity contribution in [2.24, 2.45) is 0 Å². The van der Waals surface area contributed by atoms with Gasteiger partial charge in [-0.3, -0.25) is 0 Å². The van der Waals surface area contributed by atoms with Gasteiger partial charge in [0.2, 0.25) is 0 Å². The third kappa shape index (κ3) is 2.66. The second-order valence-electron chi connectivity index (χ2n) is 2.88. The highest BCUT2D eigenvalue weighted by Crippen LogP contribution is 2.14. The fraction of sp³-hybridized carbons (Fsp3) is 0.333. The van der Waals surface area contributed by atoms with E-state index in [4.69, 9.17) is 11.6 Å². The summed E-state index contributed by atoms with van der Waals surface area (Å²) in [5.74, 6) is 1.06. The number of aryl methyl sites for hydroxylation is 1. The summed E-state index contributed by atoms with van der Waals surface area (Å²) in [6.45, 7) is 5.97. The second kappa shape index (κ2) is 5.66. The summed E-state index contributed by atoms with van der Waals surface area (Å²) in [4.78, 5) is 8.59. The van der Waals surface area contributed by atoms with Crippen molar-refractivity contribution < 1.29 is 0 Å². The molecule has 0 bridgehead atoms. The first-order valence-corrected chi connectivity index (χ1v) is 5.63. The van der Waals surface area contributed by atoms with Gasteiger partial charge in [-0.15, -0.1) is 11.6 Å². The van der Waals surface area contributed by atoms with Crippen molar-refractivity contribution in [2.75, 3.05) is 0 Å². The van der Waals surface area contributed by atoms with Crippen LogP contribution in [0.5, 0.6) is 0 Å². The summed E-state index contributed by atoms with van der Waals surface area (Å²) in [7, 11) is 0. The average Bonchev–Trinajstić information content (AvgIpc) is 2.31. The molecule has 0 saturated heterocycles. The van der Waals surface area contributed by atoms with Crippen LogP contribution in [0.4, 0.5) is 0 Å². The maximum atomic E-state index is 5.67. The van der Waals surface area contributed by atoms with Gasteiger partial charge in [0.1, 0.15) is 5.82 Å². The molecule has 3 heteroatoms. The van der Waals surface area contributed by atoms with E-state index in [-0.39, 0.29) is 0 Å². The summed E-state index contributed by atoms with van der Waals surface area (Å²) in [5.41, 5.74) is 1.95. The quantitative estimate of drug-likeness (QED) is 0.688. The van der Waals surface area contributed by atoms with Gasteiger partial charge in [-0.25, -0.2) is 9.97 Å². The Bertz CT molecular complexity index is 441. The monoisotopic (exact) mass is 222 g/mol. The minimum atomic E-state index is 0.367. The lowest BCUT2D eigenvalue weighted by Crippen LogP contribution is -1.95. The van der Waals surface area contributed by atoms with Crippen LogP contribution in [0.1, 0.15) is 25.4 Å². The molecular weight excluding hydrogens is 208 g/mol. The van der Waals surface area contributed by atoms with E-state index in [9.17, 15) is 0 Å². The molecule has 80 valence electrons. The fourth-order valence-electron chi connectivity index (χ4n) is 1.35. The molecule has 1 aromatic heterocycles. The molecule has 2 nitrogen and oxygen atoms in total. The van der Waals surface area contributed by atoms with Gasteiger partial charge < -0.3 is 0 Å². The third-order valence-electron chi connectivity index (χ3n) is 1.96. The van der Waals surface area contributed by atoms with Crippen LogP contribution in [-0.4, -0.2) is 9.97 Å². The van der Waals surface area contributed by atoms with Crippen molar-refractivity contribution >= 4 is 22.5 Å². The minimum absolute atomic E-state index is 0.367. The van der Waals surface area contributed by atoms with Crippen LogP contribution in [0, 0.1) is 6.92 Å². The lowest BCUT2D eigenvalue weighted by atomic mass is 10.2. The van der Waals surface area contributed by atoms with E-state index in [1.54, 1.807) is 0 Å². The van der Waals surface area contributed by atoms with Gasteiger partial charge in [0.05, 0.1) is 11.4 Å². The number of nitrogens with zero attached hydrogens (tertiary/aromatic N) is 2. The first kappa shape index (κ1) is 11.9. The maximum Gasteiger partial charge on any atom is 0.144 e. The molecule has 0 aliphatic rings. The molecular formula is C12H15ClN2. The van der Waals surface area contributed by atoms with Crippen molar-refractivity contribution in [3.05, 3.63) is 35.8 Å². The van der Waals surface area contributed by atoms with E-state index in [0.717, 1.165) is 16.6 Å². The van der Waals surface area contributed by atoms with Gasteiger partial charge in [-0.1, -0.05) is 32.0 Å². The molecule has 0 aliphatic heterocycles. The Labute approximate surface area is 95.3 Å². The summed E-state index contributed by atoms with van der Waals surface area (Å²) >= 11 is 5.67. The second-order valence-corrected chi connectivity index (χ2v) is 3.14. The van der Waals surface area contributed by atoms with E-state index in [1.165, 1.54) is 0 Å². The molecule has 0 unspecified atom stereocenters. The molecule has 0 atom stereocenters. The third-order valence-corrected chi connectivity index (χ3v) is 2.20. The number of alkyl halides is 1. The first-order chi connectivity index (χ1) is 7.31. The lowest BCUT2D eigenvalue weighted by molar-refractivity contribution is 1.03. The molecule has 15 heavy (non-hydrogen) atoms. The Hall–Kier alpha value is -1.15. The number of rotatable bonds is 1. The lowest BCUT2D eigenvalue weighted by Gasteiger charge is -2.02. The smallest absolute Gasteiger partial charge is 0.144 e. The highest BCUT2D eigenvalue weighted by atomic mass is 35.5. The summed E-state index contributed by atoms with van der Waals surface area (Å²) in [6, 6.07) is 7.94. The van der Waals surface area contributed by atoms with E-state index < -0.39 is 0 Å². The zero-order valence-electron chi connectivity index (χ0n) is 9.29. The van der Waals surface area contributed by atoms with E-state index in [0.29, 0.717) is 11.7 Å². The van der Waals surface area contributed by atoms with E-state index in [2.05, 4.69) is 9.97 Å². The predicted molar refractivity (Wildman–Crippen MR) is 65.2 cm³/mol. The largest absolute Gasteiger partial charge is 0.236 e. The van der Waals surface area contributed by atoms with Crippen LogP contribution in [0.2, 0.25) is 0 Å². The molecule has 0 fully saturated rings. The van der Waals surface area contributed by atoms with Crippen molar-refractivity contribution in [2.45, 2.75) is 26.7 Å². The van der Waals surface area contributed by atoms with Crippen molar-refractivity contribution in [1.82, 2.24) is 9.97 Å². The van der Waals surface area contributed by atoms with Crippen LogP contribution in [0.15, 0.2) is 24.3 Å². The van der Waals surface area contributed by atoms with Gasteiger partial charge in [0.15, 0.2) is 0 Å². The van der Waals surface area contributed by atoms with Gasteiger partial charge in [0, 0.05) is 11.1 Å². The van der Waals surface area contributed by atoms with Crippen LogP contribution >= 0.6 is 11.6 Å².